The van der Waals surface area contributed by atoms with Crippen molar-refractivity contribution >= 4 is 22.8 Å². The number of aromatic nitrogens is 1. The Balaban J connectivity index is 1.56. The van der Waals surface area contributed by atoms with E-state index in [4.69, 9.17) is 4.42 Å². The summed E-state index contributed by atoms with van der Waals surface area (Å²) in [7, 11) is 0. The normalized spacial score (nSPS) is 16.3. The van der Waals surface area contributed by atoms with Crippen molar-refractivity contribution in [1.29, 1.82) is 0 Å². The molecule has 3 rings (SSSR count). The van der Waals surface area contributed by atoms with E-state index in [9.17, 15) is 4.79 Å². The molecule has 130 valence electrons. The highest BCUT2D eigenvalue weighted by Crippen LogP contribution is 2.21. The first kappa shape index (κ1) is 16.8. The fourth-order valence-electron chi connectivity index (χ4n) is 3.20. The molecule has 1 fully saturated rings. The monoisotopic (exact) mass is 330 g/mol. The molecule has 1 saturated heterocycles. The minimum Gasteiger partial charge on any atom is -0.441 e. The number of hydrogen-bond acceptors (Lipinski definition) is 4. The van der Waals surface area contributed by atoms with Crippen LogP contribution in [0.3, 0.4) is 0 Å². The summed E-state index contributed by atoms with van der Waals surface area (Å²) in [6.45, 7) is 9.00. The summed E-state index contributed by atoms with van der Waals surface area (Å²) < 4.78 is 5.49. The standard InChI is InChI=1S/C18H26N4O2/c1-13-20-15-8-7-14(11-16(15)24-13)21-17(23)19-12-18(2,3)22-9-5-4-6-10-22/h7-8,11H,4-6,9-10,12H2,1-3H3,(H2,19,21,23). The zero-order chi connectivity index (χ0) is 17.2. The number of urea groups is 1. The number of benzene rings is 1. The van der Waals surface area contributed by atoms with Gasteiger partial charge in [-0.25, -0.2) is 9.78 Å². The molecule has 0 radical (unpaired) electrons. The molecule has 2 N–H and O–H groups in total. The molecule has 0 atom stereocenters. The van der Waals surface area contributed by atoms with Crippen LogP contribution in [-0.4, -0.2) is 41.1 Å². The van der Waals surface area contributed by atoms with Crippen LogP contribution in [0.1, 0.15) is 39.0 Å². The van der Waals surface area contributed by atoms with Gasteiger partial charge < -0.3 is 15.1 Å². The second kappa shape index (κ2) is 6.81. The number of oxazole rings is 1. The van der Waals surface area contributed by atoms with Crippen molar-refractivity contribution in [2.45, 2.75) is 45.6 Å². The van der Waals surface area contributed by atoms with E-state index in [1.165, 1.54) is 19.3 Å². The average Bonchev–Trinajstić information content (AvgIpc) is 2.93. The Bertz CT molecular complexity index is 717. The van der Waals surface area contributed by atoms with Crippen LogP contribution in [0.5, 0.6) is 0 Å². The van der Waals surface area contributed by atoms with Crippen LogP contribution < -0.4 is 10.6 Å². The smallest absolute Gasteiger partial charge is 0.319 e. The maximum Gasteiger partial charge on any atom is 0.319 e. The van der Waals surface area contributed by atoms with Crippen molar-refractivity contribution in [2.75, 3.05) is 25.0 Å². The number of amides is 2. The number of carbonyl (C=O) groups is 1. The number of piperidine rings is 1. The van der Waals surface area contributed by atoms with Gasteiger partial charge in [0.05, 0.1) is 0 Å². The van der Waals surface area contributed by atoms with Crippen LogP contribution in [0, 0.1) is 6.92 Å². The van der Waals surface area contributed by atoms with Gasteiger partial charge in [0.15, 0.2) is 11.5 Å². The summed E-state index contributed by atoms with van der Waals surface area (Å²) >= 11 is 0. The highest BCUT2D eigenvalue weighted by Gasteiger charge is 2.28. The lowest BCUT2D eigenvalue weighted by atomic mass is 9.98. The fraction of sp³-hybridized carbons (Fsp3) is 0.556. The highest BCUT2D eigenvalue weighted by molar-refractivity contribution is 5.91. The number of anilines is 1. The Morgan fingerprint density at radius 2 is 2.04 bits per heavy atom. The Morgan fingerprint density at radius 1 is 1.29 bits per heavy atom. The second-order valence-corrected chi connectivity index (χ2v) is 7.08. The summed E-state index contributed by atoms with van der Waals surface area (Å²) in [6, 6.07) is 5.28. The second-order valence-electron chi connectivity index (χ2n) is 7.08. The van der Waals surface area contributed by atoms with Gasteiger partial charge in [0.25, 0.3) is 0 Å². The molecule has 0 saturated carbocycles. The number of nitrogens with zero attached hydrogens (tertiary/aromatic N) is 2. The zero-order valence-corrected chi connectivity index (χ0v) is 14.7. The lowest BCUT2D eigenvalue weighted by Gasteiger charge is -2.41. The van der Waals surface area contributed by atoms with Crippen LogP contribution in [0.15, 0.2) is 22.6 Å². The molecule has 6 nitrogen and oxygen atoms in total. The molecule has 0 bridgehead atoms. The minimum atomic E-state index is -0.198. The van der Waals surface area contributed by atoms with Crippen molar-refractivity contribution in [2.24, 2.45) is 0 Å². The fourth-order valence-corrected chi connectivity index (χ4v) is 3.20. The molecule has 1 aromatic heterocycles. The molecule has 2 aromatic rings. The van der Waals surface area contributed by atoms with Crippen molar-refractivity contribution in [1.82, 2.24) is 15.2 Å². The first-order valence-corrected chi connectivity index (χ1v) is 8.61. The largest absolute Gasteiger partial charge is 0.441 e. The van der Waals surface area contributed by atoms with Crippen molar-refractivity contribution < 1.29 is 9.21 Å². The third-order valence-corrected chi connectivity index (χ3v) is 4.65. The number of likely N-dealkylation sites (tertiary alicyclic amines) is 1. The van der Waals surface area contributed by atoms with Crippen LogP contribution in [0.25, 0.3) is 11.1 Å². The topological polar surface area (TPSA) is 70.4 Å². The molecule has 24 heavy (non-hydrogen) atoms. The van der Waals surface area contributed by atoms with Crippen molar-refractivity contribution in [3.8, 4) is 0 Å². The molecule has 6 heteroatoms. The van der Waals surface area contributed by atoms with E-state index in [1.54, 1.807) is 6.07 Å². The van der Waals surface area contributed by atoms with Crippen LogP contribution >= 0.6 is 0 Å². The Morgan fingerprint density at radius 3 is 2.79 bits per heavy atom. The van der Waals surface area contributed by atoms with E-state index in [0.29, 0.717) is 23.7 Å². The summed E-state index contributed by atoms with van der Waals surface area (Å²) in [4.78, 5) is 18.9. The van der Waals surface area contributed by atoms with Gasteiger partial charge in [0.2, 0.25) is 0 Å². The molecule has 0 spiro atoms. The number of carbonyl (C=O) groups excluding carboxylic acids is 1. The first-order chi connectivity index (χ1) is 11.4. The molecule has 2 heterocycles. The van der Waals surface area contributed by atoms with Crippen molar-refractivity contribution in [3.63, 3.8) is 0 Å². The van der Waals surface area contributed by atoms with E-state index < -0.39 is 0 Å². The van der Waals surface area contributed by atoms with E-state index in [0.717, 1.165) is 18.6 Å². The van der Waals surface area contributed by atoms with Crippen molar-refractivity contribution in [3.05, 3.63) is 24.1 Å². The van der Waals surface area contributed by atoms with E-state index in [-0.39, 0.29) is 11.6 Å². The molecular weight excluding hydrogens is 304 g/mol. The van der Waals surface area contributed by atoms with Gasteiger partial charge in [0, 0.05) is 30.8 Å². The summed E-state index contributed by atoms with van der Waals surface area (Å²) in [5, 5.41) is 5.85. The molecule has 1 aliphatic heterocycles. The molecule has 0 aliphatic carbocycles. The SMILES string of the molecule is Cc1nc2ccc(NC(=O)NCC(C)(C)N3CCCCC3)cc2o1. The van der Waals surface area contributed by atoms with Gasteiger partial charge in [-0.15, -0.1) is 0 Å². The average molecular weight is 330 g/mol. The number of rotatable bonds is 4. The maximum atomic E-state index is 12.2. The number of nitrogens with one attached hydrogen (secondary N) is 2. The molecule has 0 unspecified atom stereocenters. The third kappa shape index (κ3) is 3.87. The van der Waals surface area contributed by atoms with Gasteiger partial charge in [-0.05, 0) is 51.9 Å². The minimum absolute atomic E-state index is 0.0379. The Hall–Kier alpha value is -2.08. The van der Waals surface area contributed by atoms with Gasteiger partial charge in [0.1, 0.15) is 5.52 Å². The summed E-state index contributed by atoms with van der Waals surface area (Å²) in [6.07, 6.45) is 3.79. The predicted molar refractivity (Wildman–Crippen MR) is 95.3 cm³/mol. The summed E-state index contributed by atoms with van der Waals surface area (Å²) in [5.41, 5.74) is 2.14. The summed E-state index contributed by atoms with van der Waals surface area (Å²) in [5.74, 6) is 0.620. The number of hydrogen-bond donors (Lipinski definition) is 2. The third-order valence-electron chi connectivity index (χ3n) is 4.65. The van der Waals surface area contributed by atoms with E-state index in [1.807, 2.05) is 19.1 Å². The number of aryl methyl sites for hydroxylation is 1. The quantitative estimate of drug-likeness (QED) is 0.900. The highest BCUT2D eigenvalue weighted by atomic mass is 16.3. The zero-order valence-electron chi connectivity index (χ0n) is 14.7. The van der Waals surface area contributed by atoms with Crippen LogP contribution in [0.2, 0.25) is 0 Å². The van der Waals surface area contributed by atoms with Gasteiger partial charge >= 0.3 is 6.03 Å². The van der Waals surface area contributed by atoms with Gasteiger partial charge in [-0.2, -0.15) is 0 Å². The van der Waals surface area contributed by atoms with Gasteiger partial charge in [-0.1, -0.05) is 6.42 Å². The number of fused-ring (bicyclic) bond motifs is 1. The van der Waals surface area contributed by atoms with E-state index >= 15 is 0 Å². The molecular formula is C18H26N4O2. The maximum absolute atomic E-state index is 12.2. The molecule has 1 aliphatic rings. The van der Waals surface area contributed by atoms with Gasteiger partial charge in [-0.3, -0.25) is 4.90 Å². The molecule has 1 aromatic carbocycles. The predicted octanol–water partition coefficient (Wildman–Crippen LogP) is 3.52. The lowest BCUT2D eigenvalue weighted by Crippen LogP contribution is -2.53. The molecule has 2 amide bonds. The van der Waals surface area contributed by atoms with Crippen LogP contribution in [-0.2, 0) is 0 Å². The van der Waals surface area contributed by atoms with Crippen LogP contribution in [0.4, 0.5) is 10.5 Å². The lowest BCUT2D eigenvalue weighted by molar-refractivity contribution is 0.0965. The Kier molecular flexibility index (Phi) is 4.76. The first-order valence-electron chi connectivity index (χ1n) is 8.61. The van der Waals surface area contributed by atoms with E-state index in [2.05, 4.69) is 34.4 Å². The Labute approximate surface area is 142 Å².